The molecule has 2 rings (SSSR count). The van der Waals surface area contributed by atoms with Gasteiger partial charge in [0.25, 0.3) is 0 Å². The molecule has 1 N–H and O–H groups in total. The number of nitrogens with one attached hydrogen (secondary N) is 1. The third-order valence-electron chi connectivity index (χ3n) is 3.10. The second kappa shape index (κ2) is 7.42. The summed E-state index contributed by atoms with van der Waals surface area (Å²) in [7, 11) is 0. The molecule has 22 heavy (non-hydrogen) atoms. The summed E-state index contributed by atoms with van der Waals surface area (Å²) < 4.78 is 26.5. The van der Waals surface area contributed by atoms with E-state index in [-0.39, 0.29) is 18.0 Å². The van der Waals surface area contributed by atoms with Gasteiger partial charge in [-0.1, -0.05) is 0 Å². The molecule has 1 heterocycles. The second-order valence-electron chi connectivity index (χ2n) is 4.72. The molecule has 0 saturated carbocycles. The third-order valence-corrected chi connectivity index (χ3v) is 4.01. The van der Waals surface area contributed by atoms with Crippen LogP contribution in [0.15, 0.2) is 23.6 Å². The van der Waals surface area contributed by atoms with Gasteiger partial charge in [-0.15, -0.1) is 11.3 Å². The van der Waals surface area contributed by atoms with Crippen molar-refractivity contribution < 1.29 is 13.6 Å². The summed E-state index contributed by atoms with van der Waals surface area (Å²) in [5.74, 6) is -0.964. The first-order valence-corrected chi connectivity index (χ1v) is 7.76. The molecule has 0 fully saturated rings. The average Bonchev–Trinajstić information content (AvgIpc) is 2.91. The molecule has 4 nitrogen and oxygen atoms in total. The smallest absolute Gasteiger partial charge is 0.225 e. The van der Waals surface area contributed by atoms with Gasteiger partial charge < -0.3 is 5.32 Å². The van der Waals surface area contributed by atoms with Crippen molar-refractivity contribution in [2.45, 2.75) is 26.9 Å². The molecule has 0 atom stereocenters. The van der Waals surface area contributed by atoms with Crippen molar-refractivity contribution in [3.8, 4) is 0 Å². The van der Waals surface area contributed by atoms with E-state index in [0.29, 0.717) is 18.2 Å². The summed E-state index contributed by atoms with van der Waals surface area (Å²) in [4.78, 5) is 17.4. The molecule has 0 radical (unpaired) electrons. The van der Waals surface area contributed by atoms with Crippen LogP contribution < -0.4 is 10.2 Å². The van der Waals surface area contributed by atoms with E-state index in [1.165, 1.54) is 24.3 Å². The number of amides is 1. The predicted molar refractivity (Wildman–Crippen MR) is 82.7 cm³/mol. The molecule has 0 spiro atoms. The Balaban J connectivity index is 1.94. The zero-order valence-electron chi connectivity index (χ0n) is 12.4. The summed E-state index contributed by atoms with van der Waals surface area (Å²) in [5.41, 5.74) is 1.03. The standard InChI is InChI=1S/C15H17F2N3OS/c1-3-20(10(2)21)15-19-13(9-22-15)8-18-7-11-6-12(16)4-5-14(11)17/h4-6,9,18H,3,7-8H2,1-2H3. The molecule has 0 aliphatic heterocycles. The molecule has 0 unspecified atom stereocenters. The quantitative estimate of drug-likeness (QED) is 0.888. The number of nitrogens with zero attached hydrogens (tertiary/aromatic N) is 2. The minimum Gasteiger partial charge on any atom is -0.307 e. The summed E-state index contributed by atoms with van der Waals surface area (Å²) in [6.45, 7) is 4.57. The monoisotopic (exact) mass is 325 g/mol. The number of rotatable bonds is 6. The number of carbonyl (C=O) groups excluding carboxylic acids is 1. The summed E-state index contributed by atoms with van der Waals surface area (Å²) in [6.07, 6.45) is 0. The number of hydrogen-bond acceptors (Lipinski definition) is 4. The number of thiazole rings is 1. The Morgan fingerprint density at radius 2 is 2.14 bits per heavy atom. The molecule has 0 bridgehead atoms. The Morgan fingerprint density at radius 1 is 1.36 bits per heavy atom. The summed E-state index contributed by atoms with van der Waals surface area (Å²) in [6, 6.07) is 3.37. The van der Waals surface area contributed by atoms with Gasteiger partial charge in [0, 0.05) is 37.5 Å². The lowest BCUT2D eigenvalue weighted by atomic mass is 10.2. The number of aromatic nitrogens is 1. The number of halogens is 2. The third kappa shape index (κ3) is 4.08. The van der Waals surface area contributed by atoms with E-state index < -0.39 is 11.6 Å². The number of hydrogen-bond donors (Lipinski definition) is 1. The predicted octanol–water partition coefficient (Wildman–Crippen LogP) is 3.08. The molecule has 118 valence electrons. The van der Waals surface area contributed by atoms with Gasteiger partial charge in [-0.3, -0.25) is 9.69 Å². The van der Waals surface area contributed by atoms with E-state index in [1.54, 1.807) is 4.90 Å². The first-order valence-electron chi connectivity index (χ1n) is 6.88. The molecular weight excluding hydrogens is 308 g/mol. The van der Waals surface area contributed by atoms with Crippen molar-refractivity contribution in [1.29, 1.82) is 0 Å². The van der Waals surface area contributed by atoms with Gasteiger partial charge in [0.1, 0.15) is 11.6 Å². The maximum absolute atomic E-state index is 13.5. The SMILES string of the molecule is CCN(C(C)=O)c1nc(CNCc2cc(F)ccc2F)cs1. The van der Waals surface area contributed by atoms with Crippen LogP contribution in [0.1, 0.15) is 25.1 Å². The van der Waals surface area contributed by atoms with Crippen molar-refractivity contribution in [2.24, 2.45) is 0 Å². The first kappa shape index (κ1) is 16.5. The fourth-order valence-corrected chi connectivity index (χ4v) is 2.93. The fraction of sp³-hybridized carbons (Fsp3) is 0.333. The fourth-order valence-electron chi connectivity index (χ4n) is 2.00. The Bertz CT molecular complexity index is 660. The number of carbonyl (C=O) groups is 1. The lowest BCUT2D eigenvalue weighted by Gasteiger charge is -2.14. The molecular formula is C15H17F2N3OS. The van der Waals surface area contributed by atoms with Crippen LogP contribution >= 0.6 is 11.3 Å². The minimum absolute atomic E-state index is 0.0572. The Labute approximate surface area is 131 Å². The largest absolute Gasteiger partial charge is 0.307 e. The van der Waals surface area contributed by atoms with E-state index >= 15 is 0 Å². The Morgan fingerprint density at radius 3 is 2.82 bits per heavy atom. The van der Waals surface area contributed by atoms with Gasteiger partial charge in [-0.05, 0) is 25.1 Å². The van der Waals surface area contributed by atoms with Gasteiger partial charge in [0.2, 0.25) is 5.91 Å². The maximum Gasteiger partial charge on any atom is 0.225 e. The lowest BCUT2D eigenvalue weighted by Crippen LogP contribution is -2.27. The molecule has 1 aromatic carbocycles. The topological polar surface area (TPSA) is 45.2 Å². The van der Waals surface area contributed by atoms with E-state index in [1.807, 2.05) is 12.3 Å². The van der Waals surface area contributed by atoms with Crippen LogP contribution in [-0.4, -0.2) is 17.4 Å². The highest BCUT2D eigenvalue weighted by Gasteiger charge is 2.13. The highest BCUT2D eigenvalue weighted by atomic mass is 32.1. The first-order chi connectivity index (χ1) is 10.5. The average molecular weight is 325 g/mol. The summed E-state index contributed by atoms with van der Waals surface area (Å²) >= 11 is 1.38. The molecule has 0 saturated heterocycles. The molecule has 2 aromatic rings. The van der Waals surface area contributed by atoms with Crippen LogP contribution in [0.2, 0.25) is 0 Å². The van der Waals surface area contributed by atoms with Gasteiger partial charge >= 0.3 is 0 Å². The molecule has 0 aliphatic carbocycles. The Hall–Kier alpha value is -1.86. The van der Waals surface area contributed by atoms with Crippen LogP contribution in [-0.2, 0) is 17.9 Å². The molecule has 7 heteroatoms. The van der Waals surface area contributed by atoms with Gasteiger partial charge in [-0.25, -0.2) is 13.8 Å². The van der Waals surface area contributed by atoms with Gasteiger partial charge in [-0.2, -0.15) is 0 Å². The van der Waals surface area contributed by atoms with Crippen molar-refractivity contribution in [2.75, 3.05) is 11.4 Å². The summed E-state index contributed by atoms with van der Waals surface area (Å²) in [5, 5.41) is 5.51. The van der Waals surface area contributed by atoms with Crippen molar-refractivity contribution >= 4 is 22.4 Å². The zero-order chi connectivity index (χ0) is 16.1. The highest BCUT2D eigenvalue weighted by Crippen LogP contribution is 2.20. The van der Waals surface area contributed by atoms with Crippen LogP contribution in [0.4, 0.5) is 13.9 Å². The molecule has 1 amide bonds. The van der Waals surface area contributed by atoms with Crippen molar-refractivity contribution in [1.82, 2.24) is 10.3 Å². The normalized spacial score (nSPS) is 10.7. The molecule has 0 aliphatic rings. The minimum atomic E-state index is -0.464. The second-order valence-corrected chi connectivity index (χ2v) is 5.56. The van der Waals surface area contributed by atoms with Crippen molar-refractivity contribution in [3.05, 3.63) is 46.5 Å². The van der Waals surface area contributed by atoms with E-state index in [4.69, 9.17) is 0 Å². The van der Waals surface area contributed by atoms with Crippen LogP contribution in [0.5, 0.6) is 0 Å². The maximum atomic E-state index is 13.5. The van der Waals surface area contributed by atoms with Crippen LogP contribution in [0.3, 0.4) is 0 Å². The van der Waals surface area contributed by atoms with Crippen molar-refractivity contribution in [3.63, 3.8) is 0 Å². The van der Waals surface area contributed by atoms with E-state index in [2.05, 4.69) is 10.3 Å². The van der Waals surface area contributed by atoms with Gasteiger partial charge in [0.05, 0.1) is 5.69 Å². The molecule has 1 aromatic heterocycles. The Kier molecular flexibility index (Phi) is 5.57. The number of benzene rings is 1. The highest BCUT2D eigenvalue weighted by molar-refractivity contribution is 7.14. The van der Waals surface area contributed by atoms with Gasteiger partial charge in [0.15, 0.2) is 5.13 Å². The lowest BCUT2D eigenvalue weighted by molar-refractivity contribution is -0.116. The van der Waals surface area contributed by atoms with E-state index in [0.717, 1.165) is 17.8 Å². The van der Waals surface area contributed by atoms with E-state index in [9.17, 15) is 13.6 Å². The van der Waals surface area contributed by atoms with Crippen LogP contribution in [0.25, 0.3) is 0 Å². The zero-order valence-corrected chi connectivity index (χ0v) is 13.2. The van der Waals surface area contributed by atoms with Crippen LogP contribution in [0, 0.1) is 11.6 Å². The number of anilines is 1.